The van der Waals surface area contributed by atoms with Gasteiger partial charge in [0.05, 0.1) is 10.6 Å². The first-order chi connectivity index (χ1) is 12.1. The Hall–Kier alpha value is -2.79. The second-order valence-electron chi connectivity index (χ2n) is 5.12. The van der Waals surface area contributed by atoms with Crippen LogP contribution < -0.4 is 15.4 Å². The number of carbonyl (C=O) groups excluding carboxylic acids is 2. The van der Waals surface area contributed by atoms with Gasteiger partial charge in [-0.2, -0.15) is 0 Å². The summed E-state index contributed by atoms with van der Waals surface area (Å²) in [6.07, 6.45) is 1.65. The zero-order valence-corrected chi connectivity index (χ0v) is 14.4. The lowest BCUT2D eigenvalue weighted by Crippen LogP contribution is -2.34. The van der Waals surface area contributed by atoms with Crippen molar-refractivity contribution in [1.29, 1.82) is 0 Å². The number of carbonyl (C=O) groups is 2. The van der Waals surface area contributed by atoms with E-state index in [1.807, 2.05) is 0 Å². The fourth-order valence-corrected chi connectivity index (χ4v) is 2.27. The summed E-state index contributed by atoms with van der Waals surface area (Å²) in [5.74, 6) is 0.175. The van der Waals surface area contributed by atoms with E-state index in [9.17, 15) is 9.59 Å². The van der Waals surface area contributed by atoms with Crippen molar-refractivity contribution in [3.63, 3.8) is 0 Å². The number of ether oxygens (including phenoxy) is 1. The van der Waals surface area contributed by atoms with Crippen LogP contribution in [0.3, 0.4) is 0 Å². The quantitative estimate of drug-likeness (QED) is 0.563. The summed E-state index contributed by atoms with van der Waals surface area (Å²) in [6.45, 7) is 4.60. The van der Waals surface area contributed by atoms with Gasteiger partial charge in [-0.25, -0.2) is 0 Å². The predicted octanol–water partition coefficient (Wildman–Crippen LogP) is 3.06. The molecule has 0 radical (unpaired) electrons. The molecule has 0 aliphatic carbocycles. The van der Waals surface area contributed by atoms with Crippen LogP contribution in [-0.2, 0) is 0 Å². The molecule has 2 N–H and O–H groups in total. The highest BCUT2D eigenvalue weighted by Crippen LogP contribution is 2.14. The average Bonchev–Trinajstić information content (AvgIpc) is 2.64. The SMILES string of the molecule is C=CCOc1ccc(C(=O)NCCNC(=O)c2ccccc2Cl)cc1. The molecule has 0 saturated carbocycles. The van der Waals surface area contributed by atoms with Crippen LogP contribution in [0.1, 0.15) is 20.7 Å². The molecule has 2 aromatic rings. The summed E-state index contributed by atoms with van der Waals surface area (Å²) in [6, 6.07) is 13.6. The third-order valence-corrected chi connectivity index (χ3v) is 3.63. The lowest BCUT2D eigenvalue weighted by atomic mass is 10.2. The van der Waals surface area contributed by atoms with E-state index < -0.39 is 0 Å². The number of amides is 2. The second-order valence-corrected chi connectivity index (χ2v) is 5.52. The summed E-state index contributed by atoms with van der Waals surface area (Å²) < 4.78 is 5.36. The van der Waals surface area contributed by atoms with E-state index in [1.165, 1.54) is 0 Å². The van der Waals surface area contributed by atoms with Gasteiger partial charge < -0.3 is 15.4 Å². The Kier molecular flexibility index (Phi) is 7.04. The Morgan fingerprint density at radius 1 is 1.00 bits per heavy atom. The molecule has 6 heteroatoms. The first kappa shape index (κ1) is 18.5. The number of rotatable bonds is 8. The maximum atomic E-state index is 12.0. The fourth-order valence-electron chi connectivity index (χ4n) is 2.05. The summed E-state index contributed by atoms with van der Waals surface area (Å²) >= 11 is 5.96. The fraction of sp³-hybridized carbons (Fsp3) is 0.158. The number of hydrogen-bond donors (Lipinski definition) is 2. The zero-order valence-electron chi connectivity index (χ0n) is 13.6. The lowest BCUT2D eigenvalue weighted by molar-refractivity contribution is 0.0927. The van der Waals surface area contributed by atoms with Gasteiger partial charge in [-0.1, -0.05) is 36.4 Å². The minimum Gasteiger partial charge on any atom is -0.490 e. The first-order valence-corrected chi connectivity index (χ1v) is 8.14. The maximum absolute atomic E-state index is 12.0. The molecule has 5 nitrogen and oxygen atoms in total. The topological polar surface area (TPSA) is 67.4 Å². The molecule has 25 heavy (non-hydrogen) atoms. The van der Waals surface area contributed by atoms with E-state index in [0.29, 0.717) is 41.6 Å². The Bertz CT molecular complexity index is 745. The van der Waals surface area contributed by atoms with Crippen molar-refractivity contribution >= 4 is 23.4 Å². The van der Waals surface area contributed by atoms with Crippen LogP contribution in [-0.4, -0.2) is 31.5 Å². The standard InChI is InChI=1S/C19H19ClN2O3/c1-2-13-25-15-9-7-14(8-10-15)18(23)21-11-12-22-19(24)16-5-3-4-6-17(16)20/h2-10H,1,11-13H2,(H,21,23)(H,22,24). The second kappa shape index (κ2) is 9.49. The van der Waals surface area contributed by atoms with E-state index in [1.54, 1.807) is 54.6 Å². The minimum absolute atomic E-state index is 0.220. The molecule has 130 valence electrons. The molecule has 0 spiro atoms. The minimum atomic E-state index is -0.274. The Morgan fingerprint density at radius 3 is 2.28 bits per heavy atom. The largest absolute Gasteiger partial charge is 0.490 e. The van der Waals surface area contributed by atoms with Crippen LogP contribution in [0.4, 0.5) is 0 Å². The van der Waals surface area contributed by atoms with Crippen molar-refractivity contribution in [3.05, 3.63) is 77.3 Å². The van der Waals surface area contributed by atoms with E-state index in [4.69, 9.17) is 16.3 Å². The number of nitrogens with one attached hydrogen (secondary N) is 2. The highest BCUT2D eigenvalue weighted by atomic mass is 35.5. The van der Waals surface area contributed by atoms with E-state index >= 15 is 0 Å². The molecule has 0 aliphatic heterocycles. The van der Waals surface area contributed by atoms with Crippen LogP contribution >= 0.6 is 11.6 Å². The monoisotopic (exact) mass is 358 g/mol. The van der Waals surface area contributed by atoms with Crippen molar-refractivity contribution in [2.24, 2.45) is 0 Å². The summed E-state index contributed by atoms with van der Waals surface area (Å²) in [5, 5.41) is 5.84. The van der Waals surface area contributed by atoms with Crippen LogP contribution in [0, 0.1) is 0 Å². The highest BCUT2D eigenvalue weighted by molar-refractivity contribution is 6.33. The molecule has 2 amide bonds. The van der Waals surface area contributed by atoms with Gasteiger partial charge in [0.2, 0.25) is 0 Å². The Balaban J connectivity index is 1.76. The molecule has 0 aromatic heterocycles. The first-order valence-electron chi connectivity index (χ1n) is 7.76. The molecule has 0 fully saturated rings. The van der Waals surface area contributed by atoms with Crippen molar-refractivity contribution in [2.45, 2.75) is 0 Å². The van der Waals surface area contributed by atoms with Crippen LogP contribution in [0.2, 0.25) is 5.02 Å². The van der Waals surface area contributed by atoms with Crippen LogP contribution in [0.5, 0.6) is 5.75 Å². The van der Waals surface area contributed by atoms with Crippen molar-refractivity contribution in [3.8, 4) is 5.75 Å². The Labute approximate surface area is 151 Å². The lowest BCUT2D eigenvalue weighted by Gasteiger charge is -2.09. The van der Waals surface area contributed by atoms with Crippen molar-refractivity contribution in [1.82, 2.24) is 10.6 Å². The van der Waals surface area contributed by atoms with Crippen molar-refractivity contribution < 1.29 is 14.3 Å². The average molecular weight is 359 g/mol. The smallest absolute Gasteiger partial charge is 0.252 e. The third kappa shape index (κ3) is 5.65. The number of hydrogen-bond acceptors (Lipinski definition) is 3. The molecule has 0 atom stereocenters. The van der Waals surface area contributed by atoms with Gasteiger partial charge in [0.1, 0.15) is 12.4 Å². The third-order valence-electron chi connectivity index (χ3n) is 3.30. The maximum Gasteiger partial charge on any atom is 0.252 e. The predicted molar refractivity (Wildman–Crippen MR) is 98.3 cm³/mol. The summed E-state index contributed by atoms with van der Waals surface area (Å²) in [5.41, 5.74) is 0.925. The zero-order chi connectivity index (χ0) is 18.1. The summed E-state index contributed by atoms with van der Waals surface area (Å²) in [7, 11) is 0. The van der Waals surface area contributed by atoms with E-state index in [-0.39, 0.29) is 11.8 Å². The molecule has 0 aliphatic rings. The van der Waals surface area contributed by atoms with E-state index in [2.05, 4.69) is 17.2 Å². The van der Waals surface area contributed by atoms with Gasteiger partial charge in [0, 0.05) is 18.7 Å². The summed E-state index contributed by atoms with van der Waals surface area (Å²) in [4.78, 5) is 24.0. The van der Waals surface area contributed by atoms with Gasteiger partial charge in [0.15, 0.2) is 0 Å². The molecular weight excluding hydrogens is 340 g/mol. The normalized spacial score (nSPS) is 9.96. The molecule has 0 saturated heterocycles. The van der Waals surface area contributed by atoms with Gasteiger partial charge in [-0.15, -0.1) is 0 Å². The van der Waals surface area contributed by atoms with Gasteiger partial charge >= 0.3 is 0 Å². The Morgan fingerprint density at radius 2 is 1.64 bits per heavy atom. The number of benzene rings is 2. The van der Waals surface area contributed by atoms with E-state index in [0.717, 1.165) is 0 Å². The number of halogens is 1. The van der Waals surface area contributed by atoms with Gasteiger partial charge in [-0.05, 0) is 36.4 Å². The van der Waals surface area contributed by atoms with Gasteiger partial charge in [0.25, 0.3) is 11.8 Å². The molecule has 2 rings (SSSR count). The van der Waals surface area contributed by atoms with Crippen molar-refractivity contribution in [2.75, 3.05) is 19.7 Å². The highest BCUT2D eigenvalue weighted by Gasteiger charge is 2.09. The van der Waals surface area contributed by atoms with Crippen LogP contribution in [0.15, 0.2) is 61.2 Å². The molecule has 0 unspecified atom stereocenters. The molecule has 0 bridgehead atoms. The van der Waals surface area contributed by atoms with Crippen LogP contribution in [0.25, 0.3) is 0 Å². The van der Waals surface area contributed by atoms with Gasteiger partial charge in [-0.3, -0.25) is 9.59 Å². The molecule has 2 aromatic carbocycles. The molecule has 0 heterocycles. The molecular formula is C19H19ClN2O3.